The number of fused-ring (bicyclic) bond motifs is 1. The minimum absolute atomic E-state index is 0.0157. The summed E-state index contributed by atoms with van der Waals surface area (Å²) in [6.45, 7) is 2.15. The summed E-state index contributed by atoms with van der Waals surface area (Å²) in [5.41, 5.74) is -1.31. The molecular formula is C20H25F3N4O4. The molecule has 1 N–H and O–H groups in total. The Morgan fingerprint density at radius 3 is 2.52 bits per heavy atom. The lowest BCUT2D eigenvalue weighted by atomic mass is 9.96. The molecule has 3 aliphatic heterocycles. The van der Waals surface area contributed by atoms with Gasteiger partial charge in [-0.3, -0.25) is 9.59 Å². The van der Waals surface area contributed by atoms with Crippen molar-refractivity contribution in [2.24, 2.45) is 5.92 Å². The van der Waals surface area contributed by atoms with E-state index in [0.29, 0.717) is 45.4 Å². The second kappa shape index (κ2) is 8.52. The van der Waals surface area contributed by atoms with Crippen molar-refractivity contribution in [1.82, 2.24) is 19.7 Å². The first-order valence-electron chi connectivity index (χ1n) is 10.4. The highest BCUT2D eigenvalue weighted by Gasteiger charge is 2.38. The van der Waals surface area contributed by atoms with Crippen LogP contribution in [0.15, 0.2) is 23.1 Å². The molecule has 31 heavy (non-hydrogen) atoms. The molecule has 3 aliphatic rings. The summed E-state index contributed by atoms with van der Waals surface area (Å²) >= 11 is 0. The number of likely N-dealkylation sites (tertiary alicyclic amines) is 2. The van der Waals surface area contributed by atoms with Crippen LogP contribution in [0.25, 0.3) is 0 Å². The second-order valence-corrected chi connectivity index (χ2v) is 8.38. The van der Waals surface area contributed by atoms with Gasteiger partial charge in [-0.1, -0.05) is 0 Å². The van der Waals surface area contributed by atoms with E-state index in [4.69, 9.17) is 4.74 Å². The monoisotopic (exact) mass is 442 g/mol. The molecule has 1 aromatic heterocycles. The number of amides is 3. The minimum atomic E-state index is -4.50. The Morgan fingerprint density at radius 2 is 1.81 bits per heavy atom. The van der Waals surface area contributed by atoms with E-state index in [1.165, 1.54) is 0 Å². The van der Waals surface area contributed by atoms with Crippen molar-refractivity contribution in [3.8, 4) is 0 Å². The highest BCUT2D eigenvalue weighted by atomic mass is 19.4. The molecule has 1 aromatic rings. The van der Waals surface area contributed by atoms with Gasteiger partial charge in [0, 0.05) is 45.0 Å². The number of halogens is 3. The van der Waals surface area contributed by atoms with E-state index in [1.807, 2.05) is 0 Å². The van der Waals surface area contributed by atoms with Gasteiger partial charge in [0.15, 0.2) is 0 Å². The summed E-state index contributed by atoms with van der Waals surface area (Å²) in [5.74, 6) is -0.164. The van der Waals surface area contributed by atoms with Crippen LogP contribution in [0.2, 0.25) is 0 Å². The molecular weight excluding hydrogens is 417 g/mol. The number of urea groups is 1. The highest BCUT2D eigenvalue weighted by Crippen LogP contribution is 2.29. The standard InChI is InChI=1S/C20H25F3N4O4/c21-20(22,23)14-1-2-18(29)27(10-14)9-13-3-6-25(7-4-13)19(30)26-8-5-16-15(11-26)24-17(28)12-31-16/h1-2,10,13,15-16H,3-9,11-12H2,(H,24,28)/t15-,16+/m1/s1. The van der Waals surface area contributed by atoms with Crippen LogP contribution in [0, 0.1) is 5.92 Å². The topological polar surface area (TPSA) is 83.9 Å². The third-order valence-electron chi connectivity index (χ3n) is 6.25. The van der Waals surface area contributed by atoms with Crippen LogP contribution in [0.4, 0.5) is 18.0 Å². The third kappa shape index (κ3) is 4.86. The molecule has 2 atom stereocenters. The molecule has 4 heterocycles. The lowest BCUT2D eigenvalue weighted by Gasteiger charge is -2.43. The Hall–Kier alpha value is -2.56. The maximum Gasteiger partial charge on any atom is 0.417 e. The average Bonchev–Trinajstić information content (AvgIpc) is 2.74. The van der Waals surface area contributed by atoms with Crippen LogP contribution in [-0.4, -0.2) is 71.2 Å². The Morgan fingerprint density at radius 1 is 1.10 bits per heavy atom. The fourth-order valence-corrected chi connectivity index (χ4v) is 4.50. The molecule has 0 aromatic carbocycles. The van der Waals surface area contributed by atoms with Crippen molar-refractivity contribution < 1.29 is 27.5 Å². The first-order valence-corrected chi connectivity index (χ1v) is 10.4. The Kier molecular flexibility index (Phi) is 5.96. The molecule has 8 nitrogen and oxygen atoms in total. The van der Waals surface area contributed by atoms with Crippen LogP contribution in [0.3, 0.4) is 0 Å². The Labute approximate surface area is 176 Å². The predicted molar refractivity (Wildman–Crippen MR) is 103 cm³/mol. The fraction of sp³-hybridized carbons (Fsp3) is 0.650. The second-order valence-electron chi connectivity index (χ2n) is 8.38. The summed E-state index contributed by atoms with van der Waals surface area (Å²) in [6, 6.07) is 1.43. The number of aromatic nitrogens is 1. The number of hydrogen-bond donors (Lipinski definition) is 1. The third-order valence-corrected chi connectivity index (χ3v) is 6.25. The quantitative estimate of drug-likeness (QED) is 0.748. The van der Waals surface area contributed by atoms with Gasteiger partial charge in [0.2, 0.25) is 5.91 Å². The Bertz CT molecular complexity index is 895. The zero-order chi connectivity index (χ0) is 22.2. The molecule has 0 aliphatic carbocycles. The average molecular weight is 442 g/mol. The van der Waals surface area contributed by atoms with Gasteiger partial charge >= 0.3 is 12.2 Å². The number of carbonyl (C=O) groups excluding carboxylic acids is 2. The number of nitrogens with one attached hydrogen (secondary N) is 1. The van der Waals surface area contributed by atoms with Gasteiger partial charge < -0.3 is 24.4 Å². The van der Waals surface area contributed by atoms with Crippen molar-refractivity contribution in [3.05, 3.63) is 34.2 Å². The predicted octanol–water partition coefficient (Wildman–Crippen LogP) is 1.29. The molecule has 11 heteroatoms. The Balaban J connectivity index is 1.31. The lowest BCUT2D eigenvalue weighted by molar-refractivity contribution is -0.140. The summed E-state index contributed by atoms with van der Waals surface area (Å²) in [4.78, 5) is 39.9. The van der Waals surface area contributed by atoms with E-state index in [-0.39, 0.29) is 43.2 Å². The molecule has 0 radical (unpaired) electrons. The SMILES string of the molecule is O=C1CO[C@H]2CCN(C(=O)N3CCC(Cn4cc(C(F)(F)F)ccc4=O)CC3)C[C@H]2N1. The van der Waals surface area contributed by atoms with E-state index >= 15 is 0 Å². The van der Waals surface area contributed by atoms with Crippen molar-refractivity contribution in [1.29, 1.82) is 0 Å². The smallest absolute Gasteiger partial charge is 0.366 e. The molecule has 170 valence electrons. The maximum atomic E-state index is 12.9. The molecule has 3 amide bonds. The van der Waals surface area contributed by atoms with Gasteiger partial charge in [-0.15, -0.1) is 0 Å². The molecule has 0 spiro atoms. The fourth-order valence-electron chi connectivity index (χ4n) is 4.50. The highest BCUT2D eigenvalue weighted by molar-refractivity contribution is 5.79. The molecule has 0 bridgehead atoms. The van der Waals surface area contributed by atoms with Crippen molar-refractivity contribution in [3.63, 3.8) is 0 Å². The summed E-state index contributed by atoms with van der Waals surface area (Å²) in [5, 5.41) is 2.87. The molecule has 3 fully saturated rings. The van der Waals surface area contributed by atoms with Crippen LogP contribution in [-0.2, 0) is 22.3 Å². The number of pyridine rings is 1. The van der Waals surface area contributed by atoms with Crippen LogP contribution < -0.4 is 10.9 Å². The van der Waals surface area contributed by atoms with Crippen molar-refractivity contribution in [2.75, 3.05) is 32.8 Å². The van der Waals surface area contributed by atoms with E-state index in [1.54, 1.807) is 9.80 Å². The zero-order valence-electron chi connectivity index (χ0n) is 16.9. The molecule has 3 saturated heterocycles. The number of carbonyl (C=O) groups is 2. The summed E-state index contributed by atoms with van der Waals surface area (Å²) in [6.07, 6.45) is -1.83. The normalized spacial score (nSPS) is 25.2. The molecule has 0 saturated carbocycles. The van der Waals surface area contributed by atoms with Gasteiger partial charge in [-0.05, 0) is 31.2 Å². The number of nitrogens with zero attached hydrogens (tertiary/aromatic N) is 3. The van der Waals surface area contributed by atoms with Crippen LogP contribution in [0.1, 0.15) is 24.8 Å². The van der Waals surface area contributed by atoms with E-state index < -0.39 is 17.3 Å². The number of piperidine rings is 2. The van der Waals surface area contributed by atoms with Crippen molar-refractivity contribution in [2.45, 2.75) is 44.1 Å². The number of rotatable bonds is 2. The van der Waals surface area contributed by atoms with Gasteiger partial charge in [0.1, 0.15) is 6.61 Å². The van der Waals surface area contributed by atoms with Crippen LogP contribution in [0.5, 0.6) is 0 Å². The molecule has 4 rings (SSSR count). The number of alkyl halides is 3. The minimum Gasteiger partial charge on any atom is -0.366 e. The van der Waals surface area contributed by atoms with Gasteiger partial charge in [0.05, 0.1) is 17.7 Å². The summed E-state index contributed by atoms with van der Waals surface area (Å²) in [7, 11) is 0. The number of hydrogen-bond acceptors (Lipinski definition) is 4. The zero-order valence-corrected chi connectivity index (χ0v) is 16.9. The molecule has 0 unspecified atom stereocenters. The van der Waals surface area contributed by atoms with Gasteiger partial charge in [0.25, 0.3) is 5.56 Å². The maximum absolute atomic E-state index is 12.9. The summed E-state index contributed by atoms with van der Waals surface area (Å²) < 4.78 is 45.4. The van der Waals surface area contributed by atoms with Crippen LogP contribution >= 0.6 is 0 Å². The largest absolute Gasteiger partial charge is 0.417 e. The van der Waals surface area contributed by atoms with E-state index in [0.717, 1.165) is 22.9 Å². The first kappa shape index (κ1) is 21.7. The van der Waals surface area contributed by atoms with Gasteiger partial charge in [-0.25, -0.2) is 4.79 Å². The lowest BCUT2D eigenvalue weighted by Crippen LogP contribution is -2.62. The first-order chi connectivity index (χ1) is 14.7. The van der Waals surface area contributed by atoms with E-state index in [9.17, 15) is 27.6 Å². The number of morpholine rings is 1. The van der Waals surface area contributed by atoms with E-state index in [2.05, 4.69) is 5.32 Å². The number of ether oxygens (including phenoxy) is 1. The van der Waals surface area contributed by atoms with Gasteiger partial charge in [-0.2, -0.15) is 13.2 Å². The van der Waals surface area contributed by atoms with Crippen molar-refractivity contribution >= 4 is 11.9 Å².